The Morgan fingerprint density at radius 3 is 2.48 bits per heavy atom. The maximum atomic E-state index is 14.0. The second kappa shape index (κ2) is 9.30. The fourth-order valence-corrected chi connectivity index (χ4v) is 4.24. The summed E-state index contributed by atoms with van der Waals surface area (Å²) in [5.41, 5.74) is 0.829. The molecular formula is C23H22BrFN2O4. The lowest BCUT2D eigenvalue weighted by Gasteiger charge is -2.31. The number of benzene rings is 2. The minimum Gasteiger partial charge on any atom is -0.507 e. The fourth-order valence-electron chi connectivity index (χ4n) is 3.97. The van der Waals surface area contributed by atoms with Crippen LogP contribution in [0.4, 0.5) is 4.39 Å². The third-order valence-corrected chi connectivity index (χ3v) is 6.11. The Hall–Kier alpha value is -2.55. The number of carbonyl (C=O) groups excluding carboxylic acids is 2. The van der Waals surface area contributed by atoms with Crippen molar-refractivity contribution in [1.82, 2.24) is 9.80 Å². The molecule has 2 aliphatic heterocycles. The molecule has 0 saturated carbocycles. The van der Waals surface area contributed by atoms with E-state index in [2.05, 4.69) is 20.8 Å². The van der Waals surface area contributed by atoms with Crippen molar-refractivity contribution in [2.24, 2.45) is 0 Å². The van der Waals surface area contributed by atoms with Gasteiger partial charge in [0.1, 0.15) is 11.6 Å². The molecule has 2 aromatic rings. The molecule has 31 heavy (non-hydrogen) atoms. The first-order valence-corrected chi connectivity index (χ1v) is 10.8. The largest absolute Gasteiger partial charge is 0.507 e. The Kier molecular flexibility index (Phi) is 6.50. The Bertz CT molecular complexity index is 1020. The van der Waals surface area contributed by atoms with Gasteiger partial charge in [0.25, 0.3) is 11.7 Å². The summed E-state index contributed by atoms with van der Waals surface area (Å²) in [5, 5.41) is 11.0. The Labute approximate surface area is 188 Å². The summed E-state index contributed by atoms with van der Waals surface area (Å²) >= 11 is 3.34. The number of ether oxygens (including phenoxy) is 1. The van der Waals surface area contributed by atoms with E-state index >= 15 is 0 Å². The normalized spacial score (nSPS) is 21.6. The average molecular weight is 489 g/mol. The van der Waals surface area contributed by atoms with Crippen LogP contribution >= 0.6 is 15.9 Å². The smallest absolute Gasteiger partial charge is 0.295 e. The van der Waals surface area contributed by atoms with Gasteiger partial charge in [-0.3, -0.25) is 14.5 Å². The van der Waals surface area contributed by atoms with Gasteiger partial charge in [-0.2, -0.15) is 0 Å². The highest BCUT2D eigenvalue weighted by Crippen LogP contribution is 2.39. The number of nitrogens with zero attached hydrogens (tertiary/aromatic N) is 2. The SMILES string of the molecule is O=C1C(=O)N(CCN2CCOCC2)[C@@H](c2cccc(F)c2)/C1=C(\O)c1ccc(Br)cc1. The maximum Gasteiger partial charge on any atom is 0.295 e. The first-order chi connectivity index (χ1) is 15.0. The number of amides is 1. The van der Waals surface area contributed by atoms with Crippen LogP contribution in [0, 0.1) is 5.82 Å². The molecule has 162 valence electrons. The van der Waals surface area contributed by atoms with E-state index in [9.17, 15) is 19.1 Å². The molecule has 0 unspecified atom stereocenters. The number of hydrogen-bond acceptors (Lipinski definition) is 5. The molecule has 1 atom stereocenters. The number of rotatable bonds is 5. The minimum absolute atomic E-state index is 0.0279. The summed E-state index contributed by atoms with van der Waals surface area (Å²) in [5.74, 6) is -2.20. The molecule has 0 aliphatic carbocycles. The van der Waals surface area contributed by atoms with Crippen molar-refractivity contribution in [3.8, 4) is 0 Å². The van der Waals surface area contributed by atoms with Gasteiger partial charge in [-0.1, -0.05) is 40.2 Å². The van der Waals surface area contributed by atoms with Crippen molar-refractivity contribution in [2.75, 3.05) is 39.4 Å². The molecule has 0 bridgehead atoms. The van der Waals surface area contributed by atoms with Crippen molar-refractivity contribution in [3.63, 3.8) is 0 Å². The van der Waals surface area contributed by atoms with Gasteiger partial charge in [0.05, 0.1) is 24.8 Å². The number of carbonyl (C=O) groups is 2. The first kappa shape index (κ1) is 21.7. The Balaban J connectivity index is 1.73. The number of Topliss-reactive ketones (excluding diaryl/α,β-unsaturated/α-hetero) is 1. The van der Waals surface area contributed by atoms with Gasteiger partial charge in [0.15, 0.2) is 0 Å². The molecule has 2 aromatic carbocycles. The van der Waals surface area contributed by atoms with Crippen LogP contribution in [0.25, 0.3) is 5.76 Å². The summed E-state index contributed by atoms with van der Waals surface area (Å²) < 4.78 is 20.2. The second-order valence-corrected chi connectivity index (χ2v) is 8.42. The van der Waals surface area contributed by atoms with E-state index < -0.39 is 23.5 Å². The highest BCUT2D eigenvalue weighted by molar-refractivity contribution is 9.10. The maximum absolute atomic E-state index is 14.0. The Morgan fingerprint density at radius 2 is 1.81 bits per heavy atom. The first-order valence-electron chi connectivity index (χ1n) is 10.1. The lowest BCUT2D eigenvalue weighted by Crippen LogP contribution is -2.42. The highest BCUT2D eigenvalue weighted by atomic mass is 79.9. The predicted octanol–water partition coefficient (Wildman–Crippen LogP) is 3.34. The van der Waals surface area contributed by atoms with Crippen molar-refractivity contribution < 1.29 is 23.8 Å². The van der Waals surface area contributed by atoms with Crippen molar-refractivity contribution >= 4 is 33.4 Å². The summed E-state index contributed by atoms with van der Waals surface area (Å²) in [7, 11) is 0. The molecule has 0 aromatic heterocycles. The van der Waals surface area contributed by atoms with Gasteiger partial charge >= 0.3 is 0 Å². The number of morpholine rings is 1. The van der Waals surface area contributed by atoms with Gasteiger partial charge in [0.2, 0.25) is 0 Å². The average Bonchev–Trinajstić information content (AvgIpc) is 3.03. The molecule has 2 heterocycles. The lowest BCUT2D eigenvalue weighted by atomic mass is 9.95. The summed E-state index contributed by atoms with van der Waals surface area (Å²) in [4.78, 5) is 29.5. The van der Waals surface area contributed by atoms with E-state index in [4.69, 9.17) is 4.74 Å². The number of hydrogen-bond donors (Lipinski definition) is 1. The quantitative estimate of drug-likeness (QED) is 0.397. The molecule has 8 heteroatoms. The van der Waals surface area contributed by atoms with E-state index in [-0.39, 0.29) is 17.9 Å². The predicted molar refractivity (Wildman–Crippen MR) is 117 cm³/mol. The van der Waals surface area contributed by atoms with Gasteiger partial charge in [-0.25, -0.2) is 4.39 Å². The molecule has 2 fully saturated rings. The van der Waals surface area contributed by atoms with E-state index in [0.717, 1.165) is 17.6 Å². The van der Waals surface area contributed by atoms with Gasteiger partial charge in [0, 0.05) is 36.2 Å². The molecule has 6 nitrogen and oxygen atoms in total. The summed E-state index contributed by atoms with van der Waals surface area (Å²) in [6.07, 6.45) is 0. The summed E-state index contributed by atoms with van der Waals surface area (Å²) in [6.45, 7) is 3.57. The third-order valence-electron chi connectivity index (χ3n) is 5.58. The molecule has 4 rings (SSSR count). The molecule has 2 saturated heterocycles. The number of aliphatic hydroxyl groups excluding tert-OH is 1. The molecule has 1 amide bonds. The third kappa shape index (κ3) is 4.56. The van der Waals surface area contributed by atoms with Gasteiger partial charge < -0.3 is 14.7 Å². The van der Waals surface area contributed by atoms with Gasteiger partial charge in [-0.05, 0) is 29.8 Å². The van der Waals surface area contributed by atoms with Crippen LogP contribution in [0.1, 0.15) is 17.2 Å². The number of aliphatic hydroxyl groups is 1. The van der Waals surface area contributed by atoms with E-state index in [1.807, 2.05) is 0 Å². The van der Waals surface area contributed by atoms with E-state index in [0.29, 0.717) is 30.9 Å². The monoisotopic (exact) mass is 488 g/mol. The standard InChI is InChI=1S/C23H22BrFN2O4/c24-17-6-4-15(5-7-17)21(28)19-20(16-2-1-3-18(25)14-16)27(23(30)22(19)29)9-8-26-10-12-31-13-11-26/h1-7,14,20,28H,8-13H2/b21-19+/t20-/m0/s1. The molecule has 0 radical (unpaired) electrons. The summed E-state index contributed by atoms with van der Waals surface area (Å²) in [6, 6.07) is 11.7. The molecule has 0 spiro atoms. The number of likely N-dealkylation sites (tertiary alicyclic amines) is 1. The van der Waals surface area contributed by atoms with Crippen LogP contribution in [-0.4, -0.2) is 66.0 Å². The topological polar surface area (TPSA) is 70.1 Å². The van der Waals surface area contributed by atoms with Crippen LogP contribution in [0.5, 0.6) is 0 Å². The number of ketones is 1. The van der Waals surface area contributed by atoms with E-state index in [1.165, 1.54) is 23.1 Å². The van der Waals surface area contributed by atoms with Gasteiger partial charge in [-0.15, -0.1) is 0 Å². The van der Waals surface area contributed by atoms with E-state index in [1.54, 1.807) is 30.3 Å². The van der Waals surface area contributed by atoms with Crippen LogP contribution < -0.4 is 0 Å². The van der Waals surface area contributed by atoms with Crippen LogP contribution in [-0.2, 0) is 14.3 Å². The number of halogens is 2. The zero-order chi connectivity index (χ0) is 22.0. The van der Waals surface area contributed by atoms with Crippen molar-refractivity contribution in [2.45, 2.75) is 6.04 Å². The molecular weight excluding hydrogens is 467 g/mol. The second-order valence-electron chi connectivity index (χ2n) is 7.51. The van der Waals surface area contributed by atoms with Crippen LogP contribution in [0.15, 0.2) is 58.6 Å². The zero-order valence-electron chi connectivity index (χ0n) is 16.8. The minimum atomic E-state index is -0.861. The zero-order valence-corrected chi connectivity index (χ0v) is 18.3. The van der Waals surface area contributed by atoms with Crippen molar-refractivity contribution in [1.29, 1.82) is 0 Å². The Morgan fingerprint density at radius 1 is 1.10 bits per heavy atom. The van der Waals surface area contributed by atoms with Crippen LogP contribution in [0.3, 0.4) is 0 Å². The van der Waals surface area contributed by atoms with Crippen LogP contribution in [0.2, 0.25) is 0 Å². The molecule has 2 aliphatic rings. The fraction of sp³-hybridized carbons (Fsp3) is 0.304. The highest BCUT2D eigenvalue weighted by Gasteiger charge is 2.46. The lowest BCUT2D eigenvalue weighted by molar-refractivity contribution is -0.140. The van der Waals surface area contributed by atoms with Crippen molar-refractivity contribution in [3.05, 3.63) is 75.5 Å². The molecule has 1 N–H and O–H groups in total.